The molecule has 1 saturated heterocycles. The van der Waals surface area contributed by atoms with Gasteiger partial charge in [-0.25, -0.2) is 4.68 Å². The second-order valence-corrected chi connectivity index (χ2v) is 7.13. The maximum Gasteiger partial charge on any atom is 0.267 e. The molecule has 1 aromatic heterocycles. The maximum atomic E-state index is 12.6. The second-order valence-electron chi connectivity index (χ2n) is 7.13. The van der Waals surface area contributed by atoms with Gasteiger partial charge >= 0.3 is 0 Å². The molecule has 1 saturated carbocycles. The van der Waals surface area contributed by atoms with E-state index in [0.29, 0.717) is 11.6 Å². The molecule has 1 aliphatic carbocycles. The van der Waals surface area contributed by atoms with Crippen LogP contribution in [0, 0.1) is 0 Å². The topological polar surface area (TPSA) is 76.5 Å². The largest absolute Gasteiger partial charge is 0.378 e. The number of amides is 1. The minimum atomic E-state index is -0.671. The van der Waals surface area contributed by atoms with Crippen LogP contribution in [-0.2, 0) is 9.53 Å². The summed E-state index contributed by atoms with van der Waals surface area (Å²) in [6, 6.07) is 10.3. The fraction of sp³-hybridized carbons (Fsp3) is 0.450. The molecular weight excluding hydrogens is 344 g/mol. The molecular formula is C20H24N4O3. The van der Waals surface area contributed by atoms with E-state index in [9.17, 15) is 9.59 Å². The average molecular weight is 368 g/mol. The summed E-state index contributed by atoms with van der Waals surface area (Å²) in [6.45, 7) is 4.90. The Balaban J connectivity index is 1.44. The molecule has 1 N–H and O–H groups in total. The Hall–Kier alpha value is -2.67. The molecule has 1 atom stereocenters. The first kappa shape index (κ1) is 17.7. The molecule has 2 aliphatic rings. The standard InChI is InChI=1S/C20H24N4O3/c1-14(24-19(25)9-8-18(22-24)15-2-3-15)20(26)21-16-4-6-17(7-5-16)23-10-12-27-13-11-23/h4-9,14-15H,2-3,10-13H2,1H3,(H,21,26). The van der Waals surface area contributed by atoms with Crippen molar-refractivity contribution in [2.45, 2.75) is 31.7 Å². The molecule has 142 valence electrons. The summed E-state index contributed by atoms with van der Waals surface area (Å²) in [4.78, 5) is 27.0. The van der Waals surface area contributed by atoms with Gasteiger partial charge in [-0.15, -0.1) is 0 Å². The van der Waals surface area contributed by atoms with Crippen molar-refractivity contribution in [2.75, 3.05) is 36.5 Å². The number of carbonyl (C=O) groups is 1. The lowest BCUT2D eigenvalue weighted by atomic mass is 10.2. The number of benzene rings is 1. The van der Waals surface area contributed by atoms with Crippen molar-refractivity contribution < 1.29 is 9.53 Å². The number of nitrogens with one attached hydrogen (secondary N) is 1. The summed E-state index contributed by atoms with van der Waals surface area (Å²) in [6.07, 6.45) is 2.20. The lowest BCUT2D eigenvalue weighted by Crippen LogP contribution is -2.36. The van der Waals surface area contributed by atoms with Gasteiger partial charge in [0.25, 0.3) is 5.56 Å². The first-order chi connectivity index (χ1) is 13.1. The van der Waals surface area contributed by atoms with Gasteiger partial charge in [0.05, 0.1) is 18.9 Å². The minimum Gasteiger partial charge on any atom is -0.378 e. The second kappa shape index (κ2) is 7.52. The molecule has 2 heterocycles. The number of ether oxygens (including phenoxy) is 1. The molecule has 0 radical (unpaired) electrons. The van der Waals surface area contributed by atoms with E-state index in [1.54, 1.807) is 13.0 Å². The van der Waals surface area contributed by atoms with Gasteiger partial charge in [-0.2, -0.15) is 5.10 Å². The zero-order valence-corrected chi connectivity index (χ0v) is 15.4. The van der Waals surface area contributed by atoms with E-state index in [-0.39, 0.29) is 11.5 Å². The fourth-order valence-electron chi connectivity index (χ4n) is 3.25. The molecule has 7 nitrogen and oxygen atoms in total. The lowest BCUT2D eigenvalue weighted by Gasteiger charge is -2.29. The highest BCUT2D eigenvalue weighted by Gasteiger charge is 2.27. The van der Waals surface area contributed by atoms with E-state index in [0.717, 1.165) is 50.5 Å². The van der Waals surface area contributed by atoms with Gasteiger partial charge < -0.3 is 15.0 Å². The first-order valence-electron chi connectivity index (χ1n) is 9.45. The van der Waals surface area contributed by atoms with Crippen molar-refractivity contribution in [3.8, 4) is 0 Å². The summed E-state index contributed by atoms with van der Waals surface area (Å²) in [5, 5.41) is 7.28. The zero-order valence-electron chi connectivity index (χ0n) is 15.4. The van der Waals surface area contributed by atoms with Crippen LogP contribution in [0.15, 0.2) is 41.2 Å². The predicted molar refractivity (Wildman–Crippen MR) is 103 cm³/mol. The van der Waals surface area contributed by atoms with Crippen LogP contribution >= 0.6 is 0 Å². The van der Waals surface area contributed by atoms with Crippen LogP contribution < -0.4 is 15.8 Å². The van der Waals surface area contributed by atoms with Gasteiger partial charge in [0.1, 0.15) is 6.04 Å². The molecule has 1 amide bonds. The van der Waals surface area contributed by atoms with Crippen LogP contribution in [0.25, 0.3) is 0 Å². The number of hydrogen-bond donors (Lipinski definition) is 1. The molecule has 2 fully saturated rings. The SMILES string of the molecule is CC(C(=O)Nc1ccc(N2CCOCC2)cc1)n1nc(C2CC2)ccc1=O. The fourth-order valence-corrected chi connectivity index (χ4v) is 3.25. The Labute approximate surface area is 157 Å². The van der Waals surface area contributed by atoms with Crippen LogP contribution in [0.3, 0.4) is 0 Å². The van der Waals surface area contributed by atoms with Gasteiger partial charge in [0.2, 0.25) is 5.91 Å². The van der Waals surface area contributed by atoms with Gasteiger partial charge in [-0.3, -0.25) is 9.59 Å². The van der Waals surface area contributed by atoms with Gasteiger partial charge in [-0.1, -0.05) is 0 Å². The lowest BCUT2D eigenvalue weighted by molar-refractivity contribution is -0.119. The van der Waals surface area contributed by atoms with E-state index in [2.05, 4.69) is 15.3 Å². The maximum absolute atomic E-state index is 12.6. The summed E-state index contributed by atoms with van der Waals surface area (Å²) in [5.74, 6) is 0.177. The molecule has 7 heteroatoms. The van der Waals surface area contributed by atoms with Crippen molar-refractivity contribution in [1.29, 1.82) is 0 Å². The smallest absolute Gasteiger partial charge is 0.267 e. The number of nitrogens with zero attached hydrogens (tertiary/aromatic N) is 3. The third kappa shape index (κ3) is 4.03. The van der Waals surface area contributed by atoms with Crippen molar-refractivity contribution in [3.05, 3.63) is 52.4 Å². The Morgan fingerprint density at radius 2 is 1.85 bits per heavy atom. The van der Waals surface area contributed by atoms with E-state index < -0.39 is 6.04 Å². The molecule has 27 heavy (non-hydrogen) atoms. The zero-order chi connectivity index (χ0) is 18.8. The summed E-state index contributed by atoms with van der Waals surface area (Å²) < 4.78 is 6.65. The monoisotopic (exact) mass is 368 g/mol. The van der Waals surface area contributed by atoms with Crippen molar-refractivity contribution in [2.24, 2.45) is 0 Å². The van der Waals surface area contributed by atoms with E-state index in [4.69, 9.17) is 4.74 Å². The molecule has 1 aromatic carbocycles. The molecule has 1 aliphatic heterocycles. The molecule has 4 rings (SSSR count). The van der Waals surface area contributed by atoms with Crippen LogP contribution in [0.4, 0.5) is 11.4 Å². The Kier molecular flexibility index (Phi) is 4.94. The van der Waals surface area contributed by atoms with Crippen LogP contribution in [0.5, 0.6) is 0 Å². The number of anilines is 2. The Morgan fingerprint density at radius 3 is 2.52 bits per heavy atom. The molecule has 1 unspecified atom stereocenters. The van der Waals surface area contributed by atoms with Crippen molar-refractivity contribution in [1.82, 2.24) is 9.78 Å². The highest BCUT2D eigenvalue weighted by Crippen LogP contribution is 2.38. The van der Waals surface area contributed by atoms with Crippen molar-refractivity contribution >= 4 is 17.3 Å². The molecule has 0 bridgehead atoms. The summed E-state index contributed by atoms with van der Waals surface area (Å²) in [7, 11) is 0. The van der Waals surface area contributed by atoms with Gasteiger partial charge in [0.15, 0.2) is 0 Å². The van der Waals surface area contributed by atoms with Crippen LogP contribution in [0.2, 0.25) is 0 Å². The summed E-state index contributed by atoms with van der Waals surface area (Å²) in [5.41, 5.74) is 2.45. The van der Waals surface area contributed by atoms with Crippen LogP contribution in [0.1, 0.15) is 37.4 Å². The Bertz CT molecular complexity index is 868. The van der Waals surface area contributed by atoms with Crippen molar-refractivity contribution in [3.63, 3.8) is 0 Å². The van der Waals surface area contributed by atoms with E-state index in [1.165, 1.54) is 10.7 Å². The number of carbonyl (C=O) groups excluding carboxylic acids is 1. The number of hydrogen-bond acceptors (Lipinski definition) is 5. The minimum absolute atomic E-state index is 0.253. The predicted octanol–water partition coefficient (Wildman–Crippen LogP) is 2.16. The molecule has 2 aromatic rings. The third-order valence-electron chi connectivity index (χ3n) is 5.10. The quantitative estimate of drug-likeness (QED) is 0.875. The highest BCUT2D eigenvalue weighted by atomic mass is 16.5. The highest BCUT2D eigenvalue weighted by molar-refractivity contribution is 5.93. The normalized spacial score (nSPS) is 18.2. The number of aromatic nitrogens is 2. The van der Waals surface area contributed by atoms with E-state index in [1.807, 2.05) is 24.3 Å². The third-order valence-corrected chi connectivity index (χ3v) is 5.10. The van der Waals surface area contributed by atoms with Gasteiger partial charge in [0, 0.05) is 36.4 Å². The van der Waals surface area contributed by atoms with E-state index >= 15 is 0 Å². The summed E-state index contributed by atoms with van der Waals surface area (Å²) >= 11 is 0. The number of rotatable bonds is 5. The number of morpholine rings is 1. The average Bonchev–Trinajstić information content (AvgIpc) is 3.54. The Morgan fingerprint density at radius 1 is 1.15 bits per heavy atom. The molecule has 0 spiro atoms. The van der Waals surface area contributed by atoms with Gasteiger partial charge in [-0.05, 0) is 50.1 Å². The first-order valence-corrected chi connectivity index (χ1v) is 9.45. The van der Waals surface area contributed by atoms with Crippen LogP contribution in [-0.4, -0.2) is 42.0 Å².